The quantitative estimate of drug-likeness (QED) is 0.192. The fraction of sp³-hybridized carbons (Fsp3) is 0. The Morgan fingerprint density at radius 1 is 0.340 bits per heavy atom. The molecule has 0 amide bonds. The lowest BCUT2D eigenvalue weighted by molar-refractivity contribution is 1.18. The molecule has 0 saturated carbocycles. The molecule has 0 saturated heterocycles. The third-order valence-electron chi connectivity index (χ3n) is 8.92. The topological polar surface area (TPSA) is 25.8 Å². The summed E-state index contributed by atoms with van der Waals surface area (Å²) >= 11 is 1.87. The summed E-state index contributed by atoms with van der Waals surface area (Å²) in [6.07, 6.45) is 0. The van der Waals surface area contributed by atoms with E-state index in [0.717, 1.165) is 33.9 Å². The Morgan fingerprint density at radius 3 is 1.60 bits per heavy atom. The van der Waals surface area contributed by atoms with Crippen LogP contribution in [0.5, 0.6) is 0 Å². The maximum absolute atomic E-state index is 5.17. The maximum atomic E-state index is 5.17. The summed E-state index contributed by atoms with van der Waals surface area (Å²) in [5, 5.41) is 5.03. The van der Waals surface area contributed by atoms with Gasteiger partial charge >= 0.3 is 0 Å². The highest BCUT2D eigenvalue weighted by Gasteiger charge is 2.16. The van der Waals surface area contributed by atoms with E-state index in [1.54, 1.807) is 0 Å². The van der Waals surface area contributed by atoms with Crippen LogP contribution in [0.4, 0.5) is 0 Å². The molecular formula is C44H28N2S. The molecule has 0 spiro atoms. The zero-order chi connectivity index (χ0) is 31.2. The first-order valence-electron chi connectivity index (χ1n) is 15.8. The number of nitrogens with zero attached hydrogens (tertiary/aromatic N) is 2. The van der Waals surface area contributed by atoms with Gasteiger partial charge in [-0.2, -0.15) is 0 Å². The van der Waals surface area contributed by atoms with Crippen molar-refractivity contribution < 1.29 is 0 Å². The highest BCUT2D eigenvalue weighted by molar-refractivity contribution is 7.26. The van der Waals surface area contributed by atoms with E-state index in [9.17, 15) is 0 Å². The van der Waals surface area contributed by atoms with Crippen molar-refractivity contribution in [3.63, 3.8) is 0 Å². The lowest BCUT2D eigenvalue weighted by atomic mass is 9.97. The second kappa shape index (κ2) is 11.5. The standard InChI is InChI=1S/C44H28N2S/c1-4-11-29(12-5-1)31-19-21-32(22-20-31)40-28-41(46-44(45-40)33-15-8-3-9-16-33)36-17-10-18-38-35(36)25-26-39-37-24-23-34(27-42(37)47-43(38)39)30-13-6-2-7-14-30/h1-28H. The Bertz CT molecular complexity index is 2540. The van der Waals surface area contributed by atoms with Gasteiger partial charge in [-0.05, 0) is 39.8 Å². The lowest BCUT2D eigenvalue weighted by Crippen LogP contribution is -1.96. The number of fused-ring (bicyclic) bond motifs is 5. The largest absolute Gasteiger partial charge is 0.228 e. The molecule has 7 aromatic carbocycles. The summed E-state index contributed by atoms with van der Waals surface area (Å²) in [7, 11) is 0. The third kappa shape index (κ3) is 4.98. The van der Waals surface area contributed by atoms with E-state index in [4.69, 9.17) is 9.97 Å². The molecule has 47 heavy (non-hydrogen) atoms. The molecule has 0 aliphatic heterocycles. The van der Waals surface area contributed by atoms with Crippen molar-refractivity contribution in [1.29, 1.82) is 0 Å². The molecular weight excluding hydrogens is 589 g/mol. The van der Waals surface area contributed by atoms with Crippen LogP contribution in [0, 0.1) is 0 Å². The molecule has 0 atom stereocenters. The maximum Gasteiger partial charge on any atom is 0.160 e. The van der Waals surface area contributed by atoms with E-state index in [0.29, 0.717) is 0 Å². The van der Waals surface area contributed by atoms with Gasteiger partial charge in [-0.1, -0.05) is 158 Å². The number of rotatable bonds is 5. The molecule has 2 nitrogen and oxygen atoms in total. The van der Waals surface area contributed by atoms with E-state index in [2.05, 4.69) is 146 Å². The monoisotopic (exact) mass is 616 g/mol. The van der Waals surface area contributed by atoms with Crippen molar-refractivity contribution in [2.75, 3.05) is 0 Å². The summed E-state index contributed by atoms with van der Waals surface area (Å²) in [5.41, 5.74) is 9.85. The number of thiophene rings is 1. The Hall–Kier alpha value is -5.90. The fourth-order valence-corrected chi connectivity index (χ4v) is 7.81. The number of hydrogen-bond acceptors (Lipinski definition) is 3. The first-order chi connectivity index (χ1) is 23.3. The first-order valence-corrected chi connectivity index (χ1v) is 16.6. The molecule has 3 heteroatoms. The van der Waals surface area contributed by atoms with Crippen LogP contribution < -0.4 is 0 Å². The lowest BCUT2D eigenvalue weighted by Gasteiger charge is -2.12. The van der Waals surface area contributed by atoms with Crippen LogP contribution in [0.3, 0.4) is 0 Å². The highest BCUT2D eigenvalue weighted by Crippen LogP contribution is 2.42. The summed E-state index contributed by atoms with van der Waals surface area (Å²) in [5.74, 6) is 0.721. The molecule has 0 fully saturated rings. The van der Waals surface area contributed by atoms with Crippen molar-refractivity contribution in [3.05, 3.63) is 170 Å². The van der Waals surface area contributed by atoms with Crippen LogP contribution in [0.1, 0.15) is 0 Å². The van der Waals surface area contributed by atoms with Gasteiger partial charge in [0.05, 0.1) is 11.4 Å². The normalized spacial score (nSPS) is 11.4. The van der Waals surface area contributed by atoms with Crippen LogP contribution in [-0.2, 0) is 0 Å². The minimum atomic E-state index is 0.721. The second-order valence-corrected chi connectivity index (χ2v) is 12.8. The van der Waals surface area contributed by atoms with Crippen molar-refractivity contribution in [2.45, 2.75) is 0 Å². The molecule has 0 aliphatic carbocycles. The Labute approximate surface area is 277 Å². The molecule has 220 valence electrons. The number of benzene rings is 7. The van der Waals surface area contributed by atoms with E-state index in [-0.39, 0.29) is 0 Å². The van der Waals surface area contributed by atoms with Crippen LogP contribution in [0.15, 0.2) is 170 Å². The molecule has 0 unspecified atom stereocenters. The van der Waals surface area contributed by atoms with Gasteiger partial charge in [0.15, 0.2) is 5.82 Å². The molecule has 0 bridgehead atoms. The third-order valence-corrected chi connectivity index (χ3v) is 10.1. The molecule has 0 N–H and O–H groups in total. The van der Waals surface area contributed by atoms with Crippen molar-refractivity contribution in [1.82, 2.24) is 9.97 Å². The molecule has 9 aromatic rings. The average molecular weight is 617 g/mol. The van der Waals surface area contributed by atoms with Crippen LogP contribution >= 0.6 is 11.3 Å². The van der Waals surface area contributed by atoms with Gasteiger partial charge in [-0.15, -0.1) is 11.3 Å². The minimum Gasteiger partial charge on any atom is -0.228 e. The van der Waals surface area contributed by atoms with E-state index < -0.39 is 0 Å². The Morgan fingerprint density at radius 2 is 0.872 bits per heavy atom. The zero-order valence-corrected chi connectivity index (χ0v) is 26.3. The summed E-state index contributed by atoms with van der Waals surface area (Å²) < 4.78 is 2.60. The SMILES string of the molecule is c1ccc(-c2ccc(-c3cc(-c4cccc5c4ccc4c6ccc(-c7ccccc7)cc6sc54)nc(-c4ccccc4)n3)cc2)cc1. The van der Waals surface area contributed by atoms with Gasteiger partial charge in [0, 0.05) is 42.2 Å². The van der Waals surface area contributed by atoms with E-state index in [1.165, 1.54) is 53.2 Å². The van der Waals surface area contributed by atoms with Crippen molar-refractivity contribution in [3.8, 4) is 56.2 Å². The van der Waals surface area contributed by atoms with Crippen molar-refractivity contribution in [2.24, 2.45) is 0 Å². The van der Waals surface area contributed by atoms with Gasteiger partial charge < -0.3 is 0 Å². The van der Waals surface area contributed by atoms with Gasteiger partial charge in [0.1, 0.15) is 0 Å². The molecule has 0 radical (unpaired) electrons. The zero-order valence-electron chi connectivity index (χ0n) is 25.5. The Kier molecular flexibility index (Phi) is 6.69. The van der Waals surface area contributed by atoms with Gasteiger partial charge in [0.2, 0.25) is 0 Å². The summed E-state index contributed by atoms with van der Waals surface area (Å²) in [6, 6.07) is 60.2. The van der Waals surface area contributed by atoms with Crippen LogP contribution in [0.2, 0.25) is 0 Å². The molecule has 2 heterocycles. The predicted octanol–water partition coefficient (Wildman–Crippen LogP) is 12.3. The van der Waals surface area contributed by atoms with Gasteiger partial charge in [-0.3, -0.25) is 0 Å². The molecule has 2 aromatic heterocycles. The van der Waals surface area contributed by atoms with Gasteiger partial charge in [0.25, 0.3) is 0 Å². The summed E-state index contributed by atoms with van der Waals surface area (Å²) in [4.78, 5) is 10.3. The fourth-order valence-electron chi connectivity index (χ4n) is 6.54. The predicted molar refractivity (Wildman–Crippen MR) is 200 cm³/mol. The molecule has 0 aliphatic rings. The van der Waals surface area contributed by atoms with Crippen molar-refractivity contribution >= 4 is 42.3 Å². The first kappa shape index (κ1) is 27.4. The van der Waals surface area contributed by atoms with E-state index >= 15 is 0 Å². The van der Waals surface area contributed by atoms with E-state index in [1.807, 2.05) is 35.6 Å². The average Bonchev–Trinajstić information content (AvgIpc) is 3.54. The number of hydrogen-bond donors (Lipinski definition) is 0. The second-order valence-electron chi connectivity index (χ2n) is 11.8. The number of aromatic nitrogens is 2. The highest BCUT2D eigenvalue weighted by atomic mass is 32.1. The van der Waals surface area contributed by atoms with Crippen LogP contribution in [0.25, 0.3) is 87.1 Å². The Balaban J connectivity index is 1.20. The van der Waals surface area contributed by atoms with Gasteiger partial charge in [-0.25, -0.2) is 9.97 Å². The summed E-state index contributed by atoms with van der Waals surface area (Å²) in [6.45, 7) is 0. The molecule has 9 rings (SSSR count). The van der Waals surface area contributed by atoms with Crippen LogP contribution in [-0.4, -0.2) is 9.97 Å². The smallest absolute Gasteiger partial charge is 0.160 e. The minimum absolute atomic E-state index is 0.721.